The Balaban J connectivity index is 1.66. The topological polar surface area (TPSA) is 88.4 Å². The molecule has 3 rings (SSSR count). The quantitative estimate of drug-likeness (QED) is 0.159. The van der Waals surface area contributed by atoms with Gasteiger partial charge in [-0.3, -0.25) is 4.79 Å². The van der Waals surface area contributed by atoms with Gasteiger partial charge in [-0.15, -0.1) is 0 Å². The number of aryl methyl sites for hydroxylation is 1. The molecule has 3 aromatic rings. The van der Waals surface area contributed by atoms with Crippen molar-refractivity contribution in [2.45, 2.75) is 20.5 Å². The fraction of sp³-hybridized carbons (Fsp3) is 0.148. The maximum Gasteiger partial charge on any atom is 0.338 e. The van der Waals surface area contributed by atoms with E-state index in [-0.39, 0.29) is 12.2 Å². The number of benzene rings is 3. The second-order valence-electron chi connectivity index (χ2n) is 7.39. The molecule has 7 heteroatoms. The zero-order chi connectivity index (χ0) is 24.5. The van der Waals surface area contributed by atoms with Crippen LogP contribution in [0.4, 0.5) is 5.69 Å². The van der Waals surface area contributed by atoms with Crippen LogP contribution in [0.5, 0.6) is 5.75 Å². The Kier molecular flexibility index (Phi) is 8.82. The number of carbonyl (C=O) groups is 2. The van der Waals surface area contributed by atoms with Crippen LogP contribution in [0.25, 0.3) is 6.08 Å². The minimum Gasteiger partial charge on any atom is -0.488 e. The number of amides is 1. The molecule has 0 radical (unpaired) electrons. The van der Waals surface area contributed by atoms with Crippen molar-refractivity contribution in [2.24, 2.45) is 0 Å². The highest BCUT2D eigenvalue weighted by molar-refractivity contribution is 14.1. The Morgan fingerprint density at radius 2 is 1.76 bits per heavy atom. The van der Waals surface area contributed by atoms with E-state index in [9.17, 15) is 14.9 Å². The van der Waals surface area contributed by atoms with E-state index in [4.69, 9.17) is 9.47 Å². The lowest BCUT2D eigenvalue weighted by Gasteiger charge is -2.10. The second kappa shape index (κ2) is 12.0. The summed E-state index contributed by atoms with van der Waals surface area (Å²) in [4.78, 5) is 24.3. The summed E-state index contributed by atoms with van der Waals surface area (Å²) < 4.78 is 11.7. The van der Waals surface area contributed by atoms with E-state index >= 15 is 0 Å². The summed E-state index contributed by atoms with van der Waals surface area (Å²) in [5.74, 6) is -0.247. The van der Waals surface area contributed by atoms with Gasteiger partial charge in [0.05, 0.1) is 15.7 Å². The van der Waals surface area contributed by atoms with Gasteiger partial charge in [-0.25, -0.2) is 4.79 Å². The molecule has 1 N–H and O–H groups in total. The highest BCUT2D eigenvalue weighted by Crippen LogP contribution is 2.24. The van der Waals surface area contributed by atoms with Gasteiger partial charge < -0.3 is 14.8 Å². The number of nitriles is 1. The molecule has 0 atom stereocenters. The van der Waals surface area contributed by atoms with E-state index in [0.717, 1.165) is 14.9 Å². The summed E-state index contributed by atoms with van der Waals surface area (Å²) in [5.41, 5.74) is 3.78. The van der Waals surface area contributed by atoms with E-state index in [2.05, 4.69) is 27.9 Å². The first-order valence-corrected chi connectivity index (χ1v) is 11.7. The summed E-state index contributed by atoms with van der Waals surface area (Å²) in [6.45, 7) is 4.51. The largest absolute Gasteiger partial charge is 0.488 e. The Morgan fingerprint density at radius 3 is 2.38 bits per heavy atom. The summed E-state index contributed by atoms with van der Waals surface area (Å²) in [6, 6.07) is 21.8. The molecule has 0 saturated carbocycles. The molecule has 3 aromatic carbocycles. The van der Waals surface area contributed by atoms with Crippen LogP contribution < -0.4 is 10.1 Å². The van der Waals surface area contributed by atoms with Gasteiger partial charge in [0.15, 0.2) is 0 Å². The Morgan fingerprint density at radius 1 is 1.06 bits per heavy atom. The van der Waals surface area contributed by atoms with Gasteiger partial charge in [0.25, 0.3) is 5.91 Å². The van der Waals surface area contributed by atoms with Gasteiger partial charge in [0, 0.05) is 5.69 Å². The van der Waals surface area contributed by atoms with Gasteiger partial charge in [-0.1, -0.05) is 35.9 Å². The molecule has 0 spiro atoms. The molecular formula is C27H23IN2O4. The van der Waals surface area contributed by atoms with E-state index in [0.29, 0.717) is 23.4 Å². The minimum atomic E-state index is -0.541. The predicted molar refractivity (Wildman–Crippen MR) is 139 cm³/mol. The third kappa shape index (κ3) is 6.93. The lowest BCUT2D eigenvalue weighted by Crippen LogP contribution is -2.13. The monoisotopic (exact) mass is 566 g/mol. The third-order valence-corrected chi connectivity index (χ3v) is 5.64. The fourth-order valence-electron chi connectivity index (χ4n) is 2.99. The normalized spacial score (nSPS) is 10.8. The van der Waals surface area contributed by atoms with Crippen LogP contribution in [0.1, 0.15) is 34.0 Å². The number of nitrogens with zero attached hydrogens (tertiary/aromatic N) is 1. The van der Waals surface area contributed by atoms with Crippen molar-refractivity contribution < 1.29 is 19.1 Å². The van der Waals surface area contributed by atoms with Crippen molar-refractivity contribution in [1.82, 2.24) is 0 Å². The van der Waals surface area contributed by atoms with Crippen LogP contribution in [0.3, 0.4) is 0 Å². The lowest BCUT2D eigenvalue weighted by molar-refractivity contribution is -0.112. The first-order chi connectivity index (χ1) is 16.4. The van der Waals surface area contributed by atoms with Crippen LogP contribution in [0.2, 0.25) is 0 Å². The molecule has 0 aliphatic heterocycles. The van der Waals surface area contributed by atoms with Gasteiger partial charge in [0.1, 0.15) is 24.0 Å². The fourth-order valence-corrected chi connectivity index (χ4v) is 3.68. The zero-order valence-electron chi connectivity index (χ0n) is 18.8. The molecule has 0 saturated heterocycles. The standard InChI is InChI=1S/C27H23IN2O4/c1-3-33-27(32)21-9-11-23(12-10-21)30-26(31)22(16-29)14-20-8-13-25(24(28)15-20)34-17-19-6-4-18(2)5-7-19/h4-15H,3,17H2,1-2H3,(H,30,31)/b22-14+. The van der Waals surface area contributed by atoms with E-state index in [1.807, 2.05) is 49.4 Å². The first-order valence-electron chi connectivity index (χ1n) is 10.6. The van der Waals surface area contributed by atoms with Gasteiger partial charge in [-0.05, 0) is 90.0 Å². The second-order valence-corrected chi connectivity index (χ2v) is 8.55. The van der Waals surface area contributed by atoms with E-state index in [1.165, 1.54) is 11.6 Å². The average molecular weight is 566 g/mol. The SMILES string of the molecule is CCOC(=O)c1ccc(NC(=O)/C(C#N)=C/c2ccc(OCc3ccc(C)cc3)c(I)c2)cc1. The maximum absolute atomic E-state index is 12.6. The average Bonchev–Trinajstić information content (AvgIpc) is 2.83. The summed E-state index contributed by atoms with van der Waals surface area (Å²) in [5, 5.41) is 12.2. The van der Waals surface area contributed by atoms with Crippen LogP contribution >= 0.6 is 22.6 Å². The van der Waals surface area contributed by atoms with Crippen LogP contribution in [-0.2, 0) is 16.1 Å². The first kappa shape index (κ1) is 25.0. The minimum absolute atomic E-state index is 0.0430. The summed E-state index contributed by atoms with van der Waals surface area (Å²) >= 11 is 2.17. The van der Waals surface area contributed by atoms with Crippen molar-refractivity contribution in [1.29, 1.82) is 5.26 Å². The van der Waals surface area contributed by atoms with Crippen molar-refractivity contribution in [2.75, 3.05) is 11.9 Å². The molecule has 0 aliphatic carbocycles. The van der Waals surface area contributed by atoms with Gasteiger partial charge in [-0.2, -0.15) is 5.26 Å². The molecule has 6 nitrogen and oxygen atoms in total. The highest BCUT2D eigenvalue weighted by atomic mass is 127. The molecule has 0 heterocycles. The molecule has 0 fully saturated rings. The van der Waals surface area contributed by atoms with Crippen molar-refractivity contribution in [3.8, 4) is 11.8 Å². The van der Waals surface area contributed by atoms with Gasteiger partial charge in [0.2, 0.25) is 0 Å². The molecule has 1 amide bonds. The molecule has 34 heavy (non-hydrogen) atoms. The van der Waals surface area contributed by atoms with Crippen LogP contribution in [0.15, 0.2) is 72.3 Å². The number of rotatable bonds is 8. The van der Waals surface area contributed by atoms with Crippen LogP contribution in [-0.4, -0.2) is 18.5 Å². The molecule has 0 unspecified atom stereocenters. The van der Waals surface area contributed by atoms with Crippen molar-refractivity contribution >= 4 is 46.2 Å². The lowest BCUT2D eigenvalue weighted by atomic mass is 10.1. The number of halogens is 1. The third-order valence-electron chi connectivity index (χ3n) is 4.80. The van der Waals surface area contributed by atoms with E-state index in [1.54, 1.807) is 37.3 Å². The van der Waals surface area contributed by atoms with Crippen molar-refractivity contribution in [3.63, 3.8) is 0 Å². The number of carbonyl (C=O) groups excluding carboxylic acids is 2. The summed E-state index contributed by atoms with van der Waals surface area (Å²) in [7, 11) is 0. The number of nitrogens with one attached hydrogen (secondary N) is 1. The highest BCUT2D eigenvalue weighted by Gasteiger charge is 2.12. The Labute approximate surface area is 212 Å². The van der Waals surface area contributed by atoms with Crippen LogP contribution in [0, 0.1) is 21.8 Å². The number of esters is 1. The number of anilines is 1. The van der Waals surface area contributed by atoms with Gasteiger partial charge >= 0.3 is 5.97 Å². The van der Waals surface area contributed by atoms with E-state index < -0.39 is 11.9 Å². The smallest absolute Gasteiger partial charge is 0.338 e. The Bertz CT molecular complexity index is 1240. The summed E-state index contributed by atoms with van der Waals surface area (Å²) in [6.07, 6.45) is 1.52. The molecule has 0 aliphatic rings. The molecule has 0 bridgehead atoms. The van der Waals surface area contributed by atoms with Crippen molar-refractivity contribution in [3.05, 3.63) is 98.1 Å². The molecule has 172 valence electrons. The molecular weight excluding hydrogens is 543 g/mol. The maximum atomic E-state index is 12.6. The predicted octanol–water partition coefficient (Wildman–Crippen LogP) is 5.90. The number of hydrogen-bond donors (Lipinski definition) is 1. The Hall–Kier alpha value is -3.64. The number of ether oxygens (including phenoxy) is 2. The molecule has 0 aromatic heterocycles. The number of hydrogen-bond acceptors (Lipinski definition) is 5. The zero-order valence-corrected chi connectivity index (χ0v) is 21.0.